The first-order valence-corrected chi connectivity index (χ1v) is 11.9. The van der Waals surface area contributed by atoms with Gasteiger partial charge in [0.2, 0.25) is 0 Å². The van der Waals surface area contributed by atoms with Crippen molar-refractivity contribution in [2.45, 2.75) is 78.2 Å². The first-order chi connectivity index (χ1) is 14.1. The van der Waals surface area contributed by atoms with E-state index in [0.717, 1.165) is 25.7 Å². The lowest BCUT2D eigenvalue weighted by Crippen LogP contribution is -2.59. The third-order valence-electron chi connectivity index (χ3n) is 8.98. The minimum absolute atomic E-state index is 0.0523. The van der Waals surface area contributed by atoms with Crippen LogP contribution in [0.2, 0.25) is 0 Å². The summed E-state index contributed by atoms with van der Waals surface area (Å²) < 4.78 is 6.05. The number of fused-ring (bicyclic) bond motifs is 5. The van der Waals surface area contributed by atoms with Gasteiger partial charge >= 0.3 is 5.97 Å². The van der Waals surface area contributed by atoms with Gasteiger partial charge < -0.3 is 4.74 Å². The van der Waals surface area contributed by atoms with Gasteiger partial charge in [-0.15, -0.1) is 11.6 Å². The molecule has 0 unspecified atom stereocenters. The van der Waals surface area contributed by atoms with Gasteiger partial charge in [-0.3, -0.25) is 14.4 Å². The van der Waals surface area contributed by atoms with Gasteiger partial charge in [0.1, 0.15) is 0 Å². The van der Waals surface area contributed by atoms with Crippen molar-refractivity contribution in [3.8, 4) is 0 Å². The maximum Gasteiger partial charge on any atom is 0.306 e. The molecule has 0 aromatic heterocycles. The fourth-order valence-electron chi connectivity index (χ4n) is 7.40. The number of hydrogen-bond acceptors (Lipinski definition) is 4. The first-order valence-electron chi connectivity index (χ1n) is 11.4. The number of carbonyl (C=O) groups excluding carboxylic acids is 3. The molecule has 2 fully saturated rings. The molecule has 2 saturated carbocycles. The van der Waals surface area contributed by atoms with E-state index in [1.54, 1.807) is 6.92 Å². The Labute approximate surface area is 184 Å². The molecule has 0 aliphatic heterocycles. The third kappa shape index (κ3) is 2.75. The molecular weight excluding hydrogens is 400 g/mol. The van der Waals surface area contributed by atoms with Gasteiger partial charge in [-0.05, 0) is 50.0 Å². The molecule has 0 amide bonds. The van der Waals surface area contributed by atoms with Crippen LogP contribution in [0.1, 0.15) is 72.6 Å². The number of esters is 1. The fourth-order valence-corrected chi connectivity index (χ4v) is 7.60. The number of Topliss-reactive ketones (excluding diaryl/α,β-unsaturated/α-hetero) is 1. The predicted molar refractivity (Wildman–Crippen MR) is 116 cm³/mol. The van der Waals surface area contributed by atoms with Crippen molar-refractivity contribution >= 4 is 29.1 Å². The monoisotopic (exact) mass is 432 g/mol. The Morgan fingerprint density at radius 1 is 1.27 bits per heavy atom. The molecule has 0 spiro atoms. The highest BCUT2D eigenvalue weighted by atomic mass is 35.5. The number of hydrogen-bond donors (Lipinski definition) is 0. The van der Waals surface area contributed by atoms with Crippen LogP contribution in [0.25, 0.3) is 0 Å². The summed E-state index contributed by atoms with van der Waals surface area (Å²) >= 11 is 6.08. The molecule has 164 valence electrons. The molecule has 0 aromatic rings. The second-order valence-corrected chi connectivity index (χ2v) is 10.5. The zero-order chi connectivity index (χ0) is 21.9. The Morgan fingerprint density at radius 3 is 2.67 bits per heavy atom. The molecule has 4 aliphatic rings. The van der Waals surface area contributed by atoms with Crippen LogP contribution in [0.3, 0.4) is 0 Å². The topological polar surface area (TPSA) is 60.4 Å². The second kappa shape index (κ2) is 7.32. The van der Waals surface area contributed by atoms with E-state index in [1.165, 1.54) is 11.1 Å². The molecule has 0 N–H and O–H groups in total. The third-order valence-corrected chi connectivity index (χ3v) is 9.22. The van der Waals surface area contributed by atoms with Crippen LogP contribution < -0.4 is 0 Å². The average Bonchev–Trinajstić information content (AvgIpc) is 2.95. The highest BCUT2D eigenvalue weighted by Crippen LogP contribution is 2.67. The van der Waals surface area contributed by atoms with Crippen molar-refractivity contribution in [2.24, 2.45) is 28.6 Å². The number of carbonyl (C=O) groups is 3. The SMILES string of the molecule is CCC(=O)O[C@]1(C(=O)CCl)[C@@H](C)C[C@H]2[C@@H]3CCC4=CC(=O)CC[C@]4(C)C3=CC[C@@]21C. The zero-order valence-corrected chi connectivity index (χ0v) is 19.3. The van der Waals surface area contributed by atoms with E-state index < -0.39 is 11.0 Å². The Bertz CT molecular complexity index is 857. The summed E-state index contributed by atoms with van der Waals surface area (Å²) in [5, 5.41) is 0. The molecule has 0 aromatic carbocycles. The molecule has 5 heteroatoms. The normalized spacial score (nSPS) is 42.4. The Balaban J connectivity index is 1.80. The van der Waals surface area contributed by atoms with Crippen LogP contribution in [0.4, 0.5) is 0 Å². The van der Waals surface area contributed by atoms with Crippen molar-refractivity contribution in [1.82, 2.24) is 0 Å². The number of halogens is 1. The van der Waals surface area contributed by atoms with Crippen molar-refractivity contribution in [2.75, 3.05) is 5.88 Å². The lowest BCUT2D eigenvalue weighted by Gasteiger charge is -2.55. The Kier molecular flexibility index (Phi) is 5.32. The number of alkyl halides is 1. The molecule has 30 heavy (non-hydrogen) atoms. The van der Waals surface area contributed by atoms with Crippen LogP contribution in [0.15, 0.2) is 23.3 Å². The van der Waals surface area contributed by atoms with Gasteiger partial charge in [-0.25, -0.2) is 0 Å². The maximum atomic E-state index is 13.3. The second-order valence-electron chi connectivity index (χ2n) is 10.3. The summed E-state index contributed by atoms with van der Waals surface area (Å²) in [7, 11) is 0. The van der Waals surface area contributed by atoms with E-state index in [2.05, 4.69) is 19.9 Å². The van der Waals surface area contributed by atoms with Crippen molar-refractivity contribution in [3.63, 3.8) is 0 Å². The molecule has 0 radical (unpaired) electrons. The molecule has 0 heterocycles. The minimum Gasteiger partial charge on any atom is -0.450 e. The van der Waals surface area contributed by atoms with Gasteiger partial charge in [-0.2, -0.15) is 0 Å². The van der Waals surface area contributed by atoms with E-state index >= 15 is 0 Å². The van der Waals surface area contributed by atoms with Crippen LogP contribution >= 0.6 is 11.6 Å². The molecule has 4 aliphatic carbocycles. The highest BCUT2D eigenvalue weighted by Gasteiger charge is 2.69. The average molecular weight is 433 g/mol. The smallest absolute Gasteiger partial charge is 0.306 e. The molecule has 0 saturated heterocycles. The Hall–Kier alpha value is -1.42. The van der Waals surface area contributed by atoms with Crippen LogP contribution in [-0.4, -0.2) is 29.0 Å². The fraction of sp³-hybridized carbons (Fsp3) is 0.720. The van der Waals surface area contributed by atoms with E-state index in [9.17, 15) is 14.4 Å². The lowest BCUT2D eigenvalue weighted by molar-refractivity contribution is -0.187. The van der Waals surface area contributed by atoms with E-state index in [-0.39, 0.29) is 47.1 Å². The van der Waals surface area contributed by atoms with E-state index in [4.69, 9.17) is 16.3 Å². The molecule has 0 bridgehead atoms. The summed E-state index contributed by atoms with van der Waals surface area (Å²) in [5.41, 5.74) is 1.05. The van der Waals surface area contributed by atoms with Gasteiger partial charge in [0.05, 0.1) is 5.88 Å². The van der Waals surface area contributed by atoms with E-state index in [0.29, 0.717) is 18.8 Å². The molecule has 6 atom stereocenters. The summed E-state index contributed by atoms with van der Waals surface area (Å²) in [6, 6.07) is 0. The van der Waals surface area contributed by atoms with E-state index in [1.807, 2.05) is 13.0 Å². The first kappa shape index (κ1) is 21.8. The van der Waals surface area contributed by atoms with Crippen LogP contribution in [0.5, 0.6) is 0 Å². The maximum absolute atomic E-state index is 13.3. The van der Waals surface area contributed by atoms with Gasteiger partial charge in [-0.1, -0.05) is 44.9 Å². The Morgan fingerprint density at radius 2 is 2.00 bits per heavy atom. The van der Waals surface area contributed by atoms with Crippen molar-refractivity contribution < 1.29 is 19.1 Å². The van der Waals surface area contributed by atoms with Crippen molar-refractivity contribution in [1.29, 1.82) is 0 Å². The number of allylic oxidation sites excluding steroid dienone is 4. The number of ether oxygens (including phenoxy) is 1. The highest BCUT2D eigenvalue weighted by molar-refractivity contribution is 6.29. The quantitative estimate of drug-likeness (QED) is 0.348. The summed E-state index contributed by atoms with van der Waals surface area (Å²) in [6.07, 6.45) is 9.39. The van der Waals surface area contributed by atoms with Crippen molar-refractivity contribution in [3.05, 3.63) is 23.3 Å². The van der Waals surface area contributed by atoms with Crippen LogP contribution in [0, 0.1) is 28.6 Å². The number of rotatable bonds is 4. The summed E-state index contributed by atoms with van der Waals surface area (Å²) in [4.78, 5) is 37.7. The molecule has 4 nitrogen and oxygen atoms in total. The van der Waals surface area contributed by atoms with Crippen LogP contribution in [-0.2, 0) is 19.1 Å². The lowest BCUT2D eigenvalue weighted by atomic mass is 9.50. The standard InChI is InChI=1S/C25H33ClO4/c1-5-22(29)30-25(21(28)14-26)15(2)12-20-18-7-6-16-13-17(27)8-10-23(16,3)19(18)9-11-24(20,25)4/h9,13,15,18,20H,5-8,10-12,14H2,1-4H3/t15-,18+,20-,23-,24-,25-/m0/s1. The summed E-state index contributed by atoms with van der Waals surface area (Å²) in [5.74, 6) is 0.161. The molecule has 4 rings (SSSR count). The van der Waals surface area contributed by atoms with Gasteiger partial charge in [0.15, 0.2) is 17.2 Å². The zero-order valence-electron chi connectivity index (χ0n) is 18.6. The predicted octanol–water partition coefficient (Wildman–Crippen LogP) is 5.18. The van der Waals surface area contributed by atoms with Gasteiger partial charge in [0, 0.05) is 29.6 Å². The molecular formula is C25H33ClO4. The minimum atomic E-state index is -1.16. The number of ketones is 2. The largest absolute Gasteiger partial charge is 0.450 e. The van der Waals surface area contributed by atoms with Gasteiger partial charge in [0.25, 0.3) is 0 Å². The summed E-state index contributed by atoms with van der Waals surface area (Å²) in [6.45, 7) is 8.24.